The number of nitrogens with zero attached hydrogens (tertiary/aromatic N) is 3. The number of aliphatic hydroxyl groups is 1. The van der Waals surface area contributed by atoms with Crippen LogP contribution in [0, 0.1) is 10.1 Å². The first-order valence-corrected chi connectivity index (χ1v) is 6.92. The van der Waals surface area contributed by atoms with Crippen LogP contribution in [-0.4, -0.2) is 39.1 Å². The summed E-state index contributed by atoms with van der Waals surface area (Å²) in [6, 6.07) is 5.50. The molecular formula is C14H15N3O6. The van der Waals surface area contributed by atoms with Crippen LogP contribution in [0.2, 0.25) is 0 Å². The van der Waals surface area contributed by atoms with Gasteiger partial charge in [0, 0.05) is 0 Å². The molecule has 0 amide bonds. The summed E-state index contributed by atoms with van der Waals surface area (Å²) in [5.41, 5.74) is 0.903. The average Bonchev–Trinajstić information content (AvgIpc) is 3.15. The lowest BCUT2D eigenvalue weighted by Crippen LogP contribution is -2.21. The third kappa shape index (κ3) is 3.76. The molecule has 0 spiro atoms. The maximum atomic E-state index is 10.5. The standard InChI is InChI=1S/C14H15N3O6/c18-11(4-16-5-14(15-8-16)17(19)20)7-21-6-10-1-2-12-13(3-10)23-9-22-12/h1-3,5,8,11,18H,4,6-7,9H2. The Morgan fingerprint density at radius 1 is 1.43 bits per heavy atom. The molecule has 1 aliphatic heterocycles. The summed E-state index contributed by atoms with van der Waals surface area (Å²) >= 11 is 0. The lowest BCUT2D eigenvalue weighted by atomic mass is 10.2. The smallest absolute Gasteiger partial charge is 0.381 e. The number of hydrogen-bond acceptors (Lipinski definition) is 7. The molecule has 1 atom stereocenters. The molecular weight excluding hydrogens is 306 g/mol. The van der Waals surface area contributed by atoms with Crippen molar-refractivity contribution in [3.05, 3.63) is 46.4 Å². The van der Waals surface area contributed by atoms with Gasteiger partial charge >= 0.3 is 5.82 Å². The first-order valence-electron chi connectivity index (χ1n) is 6.92. The quantitative estimate of drug-likeness (QED) is 0.600. The van der Waals surface area contributed by atoms with E-state index in [1.54, 1.807) is 0 Å². The number of hydrogen-bond donors (Lipinski definition) is 1. The molecule has 122 valence electrons. The Morgan fingerprint density at radius 2 is 2.26 bits per heavy atom. The molecule has 1 aliphatic rings. The molecule has 9 heteroatoms. The van der Waals surface area contributed by atoms with Crippen LogP contribution in [0.15, 0.2) is 30.7 Å². The lowest BCUT2D eigenvalue weighted by molar-refractivity contribution is -0.389. The van der Waals surface area contributed by atoms with Gasteiger partial charge in [0.05, 0.1) is 25.9 Å². The van der Waals surface area contributed by atoms with Crippen LogP contribution in [0.4, 0.5) is 5.82 Å². The van der Waals surface area contributed by atoms with Crippen molar-refractivity contribution >= 4 is 5.82 Å². The highest BCUT2D eigenvalue weighted by Gasteiger charge is 2.15. The van der Waals surface area contributed by atoms with Gasteiger partial charge in [-0.15, -0.1) is 0 Å². The molecule has 1 unspecified atom stereocenters. The number of benzene rings is 1. The molecule has 1 aromatic heterocycles. The highest BCUT2D eigenvalue weighted by atomic mass is 16.7. The van der Waals surface area contributed by atoms with Crippen molar-refractivity contribution in [1.82, 2.24) is 9.55 Å². The molecule has 1 aromatic carbocycles. The number of aromatic nitrogens is 2. The van der Waals surface area contributed by atoms with Crippen LogP contribution in [0.1, 0.15) is 5.56 Å². The molecule has 9 nitrogen and oxygen atoms in total. The molecule has 0 saturated carbocycles. The van der Waals surface area contributed by atoms with E-state index in [4.69, 9.17) is 14.2 Å². The number of imidazole rings is 1. The van der Waals surface area contributed by atoms with Gasteiger partial charge in [0.25, 0.3) is 0 Å². The van der Waals surface area contributed by atoms with Crippen molar-refractivity contribution in [2.75, 3.05) is 13.4 Å². The number of fused-ring (bicyclic) bond motifs is 1. The minimum atomic E-state index is -0.794. The van der Waals surface area contributed by atoms with Crippen molar-refractivity contribution in [3.8, 4) is 11.5 Å². The van der Waals surface area contributed by atoms with Gasteiger partial charge in [0.15, 0.2) is 11.5 Å². The summed E-state index contributed by atoms with van der Waals surface area (Å²) in [7, 11) is 0. The van der Waals surface area contributed by atoms with E-state index < -0.39 is 11.0 Å². The zero-order valence-corrected chi connectivity index (χ0v) is 12.1. The van der Waals surface area contributed by atoms with Gasteiger partial charge in [-0.25, -0.2) is 0 Å². The minimum Gasteiger partial charge on any atom is -0.454 e. The fourth-order valence-corrected chi connectivity index (χ4v) is 2.18. The molecule has 23 heavy (non-hydrogen) atoms. The number of aliphatic hydroxyl groups excluding tert-OH is 1. The van der Waals surface area contributed by atoms with E-state index in [2.05, 4.69) is 4.98 Å². The van der Waals surface area contributed by atoms with Crippen LogP contribution in [0.5, 0.6) is 11.5 Å². The van der Waals surface area contributed by atoms with E-state index in [9.17, 15) is 15.2 Å². The van der Waals surface area contributed by atoms with E-state index in [-0.39, 0.29) is 25.8 Å². The molecule has 0 bridgehead atoms. The van der Waals surface area contributed by atoms with Gasteiger partial charge < -0.3 is 34.0 Å². The second-order valence-corrected chi connectivity index (χ2v) is 5.04. The molecule has 3 rings (SSSR count). The third-order valence-corrected chi connectivity index (χ3v) is 3.24. The minimum absolute atomic E-state index is 0.0976. The fourth-order valence-electron chi connectivity index (χ4n) is 2.18. The van der Waals surface area contributed by atoms with Crippen molar-refractivity contribution in [3.63, 3.8) is 0 Å². The zero-order valence-electron chi connectivity index (χ0n) is 12.1. The van der Waals surface area contributed by atoms with Crippen molar-refractivity contribution < 1.29 is 24.2 Å². The first kappa shape index (κ1) is 15.3. The summed E-state index contributed by atoms with van der Waals surface area (Å²) in [5.74, 6) is 1.13. The lowest BCUT2D eigenvalue weighted by Gasteiger charge is -2.11. The van der Waals surface area contributed by atoms with Crippen LogP contribution >= 0.6 is 0 Å². The maximum Gasteiger partial charge on any atom is 0.381 e. The summed E-state index contributed by atoms with van der Waals surface area (Å²) < 4.78 is 17.4. The molecule has 0 fully saturated rings. The van der Waals surface area contributed by atoms with Crippen LogP contribution in [-0.2, 0) is 17.9 Å². The molecule has 2 heterocycles. The normalized spacial score (nSPS) is 14.0. The first-order chi connectivity index (χ1) is 11.1. The summed E-state index contributed by atoms with van der Waals surface area (Å²) in [6.45, 7) is 0.801. The predicted molar refractivity (Wildman–Crippen MR) is 77.1 cm³/mol. The summed E-state index contributed by atoms with van der Waals surface area (Å²) in [5, 5.41) is 20.4. The van der Waals surface area contributed by atoms with E-state index in [1.165, 1.54) is 17.1 Å². The number of rotatable bonds is 7. The summed E-state index contributed by atoms with van der Waals surface area (Å²) in [4.78, 5) is 13.6. The van der Waals surface area contributed by atoms with E-state index >= 15 is 0 Å². The Kier molecular flexibility index (Phi) is 4.40. The van der Waals surface area contributed by atoms with E-state index in [1.807, 2.05) is 18.2 Å². The van der Waals surface area contributed by atoms with Gasteiger partial charge in [-0.1, -0.05) is 6.07 Å². The van der Waals surface area contributed by atoms with E-state index in [0.29, 0.717) is 18.1 Å². The average molecular weight is 321 g/mol. The third-order valence-electron chi connectivity index (χ3n) is 3.24. The predicted octanol–water partition coefficient (Wildman–Crippen LogP) is 1.10. The van der Waals surface area contributed by atoms with Gasteiger partial charge in [-0.2, -0.15) is 0 Å². The summed E-state index contributed by atoms with van der Waals surface area (Å²) in [6.07, 6.45) is 1.78. The van der Waals surface area contributed by atoms with Gasteiger partial charge in [-0.3, -0.25) is 0 Å². The SMILES string of the molecule is O=[N+]([O-])c1cn(CC(O)COCc2ccc3c(c2)OCO3)cn1. The Morgan fingerprint density at radius 3 is 3.04 bits per heavy atom. The van der Waals surface area contributed by atoms with Gasteiger partial charge in [0.2, 0.25) is 13.1 Å². The Labute approximate surface area is 131 Å². The zero-order chi connectivity index (χ0) is 16.2. The molecule has 0 radical (unpaired) electrons. The largest absolute Gasteiger partial charge is 0.454 e. The Balaban J connectivity index is 1.45. The number of ether oxygens (including phenoxy) is 3. The second-order valence-electron chi connectivity index (χ2n) is 5.04. The van der Waals surface area contributed by atoms with E-state index in [0.717, 1.165) is 5.56 Å². The van der Waals surface area contributed by atoms with Crippen molar-refractivity contribution in [1.29, 1.82) is 0 Å². The fraction of sp³-hybridized carbons (Fsp3) is 0.357. The maximum absolute atomic E-state index is 10.5. The number of nitro groups is 1. The van der Waals surface area contributed by atoms with Crippen molar-refractivity contribution in [2.24, 2.45) is 0 Å². The van der Waals surface area contributed by atoms with Crippen molar-refractivity contribution in [2.45, 2.75) is 19.3 Å². The van der Waals surface area contributed by atoms with Gasteiger partial charge in [0.1, 0.15) is 6.20 Å². The molecule has 1 N–H and O–H groups in total. The second kappa shape index (κ2) is 6.63. The topological polar surface area (TPSA) is 109 Å². The monoisotopic (exact) mass is 321 g/mol. The molecule has 2 aromatic rings. The van der Waals surface area contributed by atoms with Gasteiger partial charge in [-0.05, 0) is 27.6 Å². The highest BCUT2D eigenvalue weighted by molar-refractivity contribution is 5.44. The highest BCUT2D eigenvalue weighted by Crippen LogP contribution is 2.32. The van der Waals surface area contributed by atoms with Crippen LogP contribution in [0.3, 0.4) is 0 Å². The Bertz CT molecular complexity index is 702. The van der Waals surface area contributed by atoms with Crippen LogP contribution < -0.4 is 9.47 Å². The molecule has 0 aliphatic carbocycles. The molecule has 0 saturated heterocycles. The van der Waals surface area contributed by atoms with Crippen LogP contribution in [0.25, 0.3) is 0 Å². The Hall–Kier alpha value is -2.65.